The molecule has 3 rings (SSSR count). The van der Waals surface area contributed by atoms with Gasteiger partial charge in [0.1, 0.15) is 73.2 Å². The Balaban J connectivity index is 1.51. The van der Waals surface area contributed by atoms with Crippen LogP contribution in [0.3, 0.4) is 0 Å². The molecule has 3 saturated heterocycles. The van der Waals surface area contributed by atoms with E-state index in [1.54, 1.807) is 6.08 Å². The first-order valence-electron chi connectivity index (χ1n) is 27.4. The summed E-state index contributed by atoms with van der Waals surface area (Å²) in [6.07, 6.45) is 12.7. The second-order valence-electron chi connectivity index (χ2n) is 19.7. The van der Waals surface area contributed by atoms with Crippen molar-refractivity contribution in [3.63, 3.8) is 0 Å². The molecule has 0 bridgehead atoms. The molecule has 3 aliphatic rings. The molecule has 3 aliphatic heterocycles. The van der Waals surface area contributed by atoms with Crippen LogP contribution in [0.15, 0.2) is 48.6 Å². The molecule has 73 heavy (non-hydrogen) atoms. The number of rotatable bonds is 38. The lowest BCUT2D eigenvalue weighted by Crippen LogP contribution is -2.66. The number of hydrogen-bond acceptors (Lipinski definition) is 18. The van der Waals surface area contributed by atoms with Crippen LogP contribution in [0.4, 0.5) is 0 Å². The predicted molar refractivity (Wildman–Crippen MR) is 272 cm³/mol. The largest absolute Gasteiger partial charge is 0.394 e. The number of aliphatic hydroxyl groups is 11. The van der Waals surface area contributed by atoms with Crippen LogP contribution < -0.4 is 5.32 Å². The molecular weight excluding hydrogens is 951 g/mol. The number of carbonyl (C=O) groups excluding carboxylic acids is 1. The molecule has 19 nitrogen and oxygen atoms in total. The fraction of sp³-hybridized carbons (Fsp3) is 0.833. The minimum Gasteiger partial charge on any atom is -0.394 e. The molecule has 3 heterocycles. The molecule has 0 aromatic heterocycles. The average Bonchev–Trinajstić information content (AvgIpc) is 3.39. The number of hydrogen-bond donors (Lipinski definition) is 12. The third-order valence-corrected chi connectivity index (χ3v) is 13.6. The fourth-order valence-corrected chi connectivity index (χ4v) is 9.00. The molecule has 0 saturated carbocycles. The van der Waals surface area contributed by atoms with Gasteiger partial charge in [-0.1, -0.05) is 133 Å². The van der Waals surface area contributed by atoms with Gasteiger partial charge in [-0.15, -0.1) is 0 Å². The van der Waals surface area contributed by atoms with Crippen LogP contribution in [0.5, 0.6) is 0 Å². The summed E-state index contributed by atoms with van der Waals surface area (Å²) in [7, 11) is 0. The zero-order valence-corrected chi connectivity index (χ0v) is 43.6. The SMILES string of the molecule is CCCCC/C=C\C/C=C\CCCCCCCCCCCC(=O)NC(COC1OC(CO)C(OC2OC(CO)C(OC3OC(CO)C(O)C(O)C3O)C(O)C2O)C(O)C1O)C(O)/C=C/CC/C=C/CCCCC. The molecule has 0 spiro atoms. The third kappa shape index (κ3) is 23.5. The van der Waals surface area contributed by atoms with Crippen LogP contribution >= 0.6 is 0 Å². The van der Waals surface area contributed by atoms with Crippen LogP contribution in [0, 0.1) is 0 Å². The summed E-state index contributed by atoms with van der Waals surface area (Å²) in [5, 5.41) is 120. The van der Waals surface area contributed by atoms with Gasteiger partial charge in [0.05, 0.1) is 38.6 Å². The summed E-state index contributed by atoms with van der Waals surface area (Å²) < 4.78 is 34.1. The monoisotopic (exact) mass is 1050 g/mol. The molecule has 12 N–H and O–H groups in total. The van der Waals surface area contributed by atoms with Gasteiger partial charge in [-0.3, -0.25) is 4.79 Å². The first kappa shape index (κ1) is 65.0. The highest BCUT2D eigenvalue weighted by Crippen LogP contribution is 2.33. The zero-order valence-electron chi connectivity index (χ0n) is 43.6. The van der Waals surface area contributed by atoms with E-state index in [1.165, 1.54) is 57.8 Å². The Kier molecular flexibility index (Phi) is 34.1. The van der Waals surface area contributed by atoms with E-state index >= 15 is 0 Å². The molecule has 1 amide bonds. The molecule has 0 aromatic carbocycles. The highest BCUT2D eigenvalue weighted by Gasteiger charge is 2.53. The topological polar surface area (TPSA) is 307 Å². The Morgan fingerprint density at radius 3 is 1.45 bits per heavy atom. The molecule has 3 fully saturated rings. The predicted octanol–water partition coefficient (Wildman–Crippen LogP) is 3.14. The van der Waals surface area contributed by atoms with E-state index in [1.807, 2.05) is 6.08 Å². The van der Waals surface area contributed by atoms with Crippen molar-refractivity contribution in [3.8, 4) is 0 Å². The average molecular weight is 1050 g/mol. The lowest BCUT2D eigenvalue weighted by Gasteiger charge is -2.48. The second-order valence-corrected chi connectivity index (χ2v) is 19.7. The Morgan fingerprint density at radius 2 is 0.918 bits per heavy atom. The zero-order chi connectivity index (χ0) is 53.4. The molecule has 17 atom stereocenters. The van der Waals surface area contributed by atoms with Gasteiger partial charge in [-0.25, -0.2) is 0 Å². The molecule has 19 heteroatoms. The van der Waals surface area contributed by atoms with Crippen molar-refractivity contribution in [2.24, 2.45) is 0 Å². The van der Waals surface area contributed by atoms with E-state index < -0.39 is 124 Å². The van der Waals surface area contributed by atoms with Gasteiger partial charge < -0.3 is 89.9 Å². The molecule has 0 radical (unpaired) electrons. The summed E-state index contributed by atoms with van der Waals surface area (Å²) in [6.45, 7) is 1.58. The minimum absolute atomic E-state index is 0.229. The smallest absolute Gasteiger partial charge is 0.220 e. The third-order valence-electron chi connectivity index (χ3n) is 13.6. The maximum Gasteiger partial charge on any atom is 0.220 e. The highest BCUT2D eigenvalue weighted by atomic mass is 16.8. The summed E-state index contributed by atoms with van der Waals surface area (Å²) in [5.41, 5.74) is 0. The quantitative estimate of drug-likeness (QED) is 0.0312. The maximum absolute atomic E-state index is 13.2. The van der Waals surface area contributed by atoms with Crippen molar-refractivity contribution in [2.45, 2.75) is 259 Å². The number of nitrogens with one attached hydrogen (secondary N) is 1. The Bertz CT molecular complexity index is 1530. The van der Waals surface area contributed by atoms with E-state index in [-0.39, 0.29) is 18.9 Å². The van der Waals surface area contributed by atoms with Crippen LogP contribution in [0.25, 0.3) is 0 Å². The van der Waals surface area contributed by atoms with Crippen molar-refractivity contribution >= 4 is 5.91 Å². The van der Waals surface area contributed by atoms with Gasteiger partial charge in [0.15, 0.2) is 18.9 Å². The summed E-state index contributed by atoms with van der Waals surface area (Å²) in [4.78, 5) is 13.2. The van der Waals surface area contributed by atoms with Crippen LogP contribution in [0.1, 0.15) is 155 Å². The molecular formula is C54H95NO18. The molecule has 17 unspecified atom stereocenters. The Hall–Kier alpha value is -2.25. The Morgan fingerprint density at radius 1 is 0.493 bits per heavy atom. The molecule has 0 aromatic rings. The van der Waals surface area contributed by atoms with Gasteiger partial charge in [-0.05, 0) is 64.2 Å². The van der Waals surface area contributed by atoms with Crippen molar-refractivity contribution in [3.05, 3.63) is 48.6 Å². The lowest BCUT2D eigenvalue weighted by atomic mass is 9.96. The van der Waals surface area contributed by atoms with E-state index in [9.17, 15) is 61.0 Å². The number of allylic oxidation sites excluding steroid dienone is 7. The van der Waals surface area contributed by atoms with Crippen molar-refractivity contribution < 1.29 is 89.4 Å². The summed E-state index contributed by atoms with van der Waals surface area (Å²) in [5.74, 6) is -0.296. The van der Waals surface area contributed by atoms with Crippen molar-refractivity contribution in [1.29, 1.82) is 0 Å². The fourth-order valence-electron chi connectivity index (χ4n) is 9.00. The van der Waals surface area contributed by atoms with Crippen LogP contribution in [0.2, 0.25) is 0 Å². The number of unbranched alkanes of at least 4 members (excludes halogenated alkanes) is 16. The van der Waals surface area contributed by atoms with Crippen molar-refractivity contribution in [2.75, 3.05) is 26.4 Å². The van der Waals surface area contributed by atoms with Crippen LogP contribution in [-0.4, -0.2) is 193 Å². The first-order chi connectivity index (χ1) is 35.3. The van der Waals surface area contributed by atoms with Gasteiger partial charge in [0, 0.05) is 6.42 Å². The van der Waals surface area contributed by atoms with Gasteiger partial charge >= 0.3 is 0 Å². The summed E-state index contributed by atoms with van der Waals surface area (Å²) in [6, 6.07) is -0.990. The minimum atomic E-state index is -1.98. The normalized spacial score (nSPS) is 32.1. The Labute approximate surface area is 433 Å². The molecule has 0 aliphatic carbocycles. The van der Waals surface area contributed by atoms with Gasteiger partial charge in [0.25, 0.3) is 0 Å². The van der Waals surface area contributed by atoms with E-state index in [0.29, 0.717) is 12.8 Å². The summed E-state index contributed by atoms with van der Waals surface area (Å²) >= 11 is 0. The lowest BCUT2D eigenvalue weighted by molar-refractivity contribution is -0.379. The standard InChI is InChI=1S/C54H95NO18/c1-3-5-7-9-11-13-14-15-16-17-18-19-20-21-22-24-26-28-30-32-42(60)55-37(38(59)31-29-27-25-23-12-10-8-6-4-2)36-68-52-48(66)45(63)50(40(34-57)70-52)73-54-49(67)46(64)51(41(35-58)71-54)72-53-47(65)44(62)43(61)39(33-56)69-53/h11-13,15-16,23,29,31,37-41,43-54,56-59,61-67H,3-10,14,17-22,24-28,30,32-36H2,1-2H3,(H,55,60)/b13-11-,16-15-,23-12+,31-29+. The van der Waals surface area contributed by atoms with E-state index in [4.69, 9.17) is 28.4 Å². The van der Waals surface area contributed by atoms with Crippen LogP contribution in [-0.2, 0) is 33.2 Å². The number of amides is 1. The second kappa shape index (κ2) is 38.3. The maximum atomic E-state index is 13.2. The van der Waals surface area contributed by atoms with E-state index in [2.05, 4.69) is 55.6 Å². The van der Waals surface area contributed by atoms with Gasteiger partial charge in [-0.2, -0.15) is 0 Å². The number of carbonyl (C=O) groups is 1. The highest BCUT2D eigenvalue weighted by molar-refractivity contribution is 5.76. The molecule has 424 valence electrons. The first-order valence-corrected chi connectivity index (χ1v) is 27.4. The van der Waals surface area contributed by atoms with E-state index in [0.717, 1.165) is 64.2 Å². The number of ether oxygens (including phenoxy) is 6. The number of aliphatic hydroxyl groups excluding tert-OH is 11. The van der Waals surface area contributed by atoms with Gasteiger partial charge in [0.2, 0.25) is 5.91 Å². The van der Waals surface area contributed by atoms with Crippen molar-refractivity contribution in [1.82, 2.24) is 5.32 Å².